The number of nitrogens with one attached hydrogen (secondary N) is 1. The topological polar surface area (TPSA) is 55.4 Å². The van der Waals surface area contributed by atoms with Gasteiger partial charge in [0.1, 0.15) is 28.9 Å². The molecule has 0 aliphatic carbocycles. The monoisotopic (exact) mass is 313 g/mol. The Hall–Kier alpha value is -1.99. The number of ether oxygens (including phenoxy) is 1. The summed E-state index contributed by atoms with van der Waals surface area (Å²) in [7, 11) is -4.03. The molecule has 2 aromatic rings. The zero-order chi connectivity index (χ0) is 15.3. The highest BCUT2D eigenvalue weighted by atomic mass is 32.2. The SMILES string of the molecule is O=S(=O)(NCCOc1ccccc1)c1ccc(F)cc1F. The zero-order valence-electron chi connectivity index (χ0n) is 10.9. The van der Waals surface area contributed by atoms with Crippen molar-refractivity contribution in [2.45, 2.75) is 4.90 Å². The average Bonchev–Trinajstić information content (AvgIpc) is 2.44. The van der Waals surface area contributed by atoms with Crippen LogP contribution in [0.25, 0.3) is 0 Å². The van der Waals surface area contributed by atoms with Gasteiger partial charge in [-0.05, 0) is 24.3 Å². The number of rotatable bonds is 6. The van der Waals surface area contributed by atoms with Crippen LogP contribution in [0.15, 0.2) is 53.4 Å². The van der Waals surface area contributed by atoms with E-state index in [0.717, 1.165) is 12.1 Å². The summed E-state index contributed by atoms with van der Waals surface area (Å²) in [6, 6.07) is 11.1. The number of hydrogen-bond donors (Lipinski definition) is 1. The van der Waals surface area contributed by atoms with Crippen LogP contribution in [0.1, 0.15) is 0 Å². The van der Waals surface area contributed by atoms with Crippen LogP contribution in [0.2, 0.25) is 0 Å². The van der Waals surface area contributed by atoms with Crippen molar-refractivity contribution in [3.05, 3.63) is 60.2 Å². The van der Waals surface area contributed by atoms with Crippen molar-refractivity contribution in [1.82, 2.24) is 4.72 Å². The lowest BCUT2D eigenvalue weighted by atomic mass is 10.3. The van der Waals surface area contributed by atoms with E-state index in [1.165, 1.54) is 0 Å². The predicted octanol–water partition coefficient (Wildman–Crippen LogP) is 2.32. The highest BCUT2D eigenvalue weighted by molar-refractivity contribution is 7.89. The average molecular weight is 313 g/mol. The molecule has 0 aromatic heterocycles. The Morgan fingerprint density at radius 1 is 1.05 bits per heavy atom. The summed E-state index contributed by atoms with van der Waals surface area (Å²) in [6.07, 6.45) is 0. The molecule has 0 amide bonds. The van der Waals surface area contributed by atoms with Gasteiger partial charge in [-0.3, -0.25) is 0 Å². The van der Waals surface area contributed by atoms with Crippen LogP contribution in [0.5, 0.6) is 5.75 Å². The van der Waals surface area contributed by atoms with E-state index < -0.39 is 26.6 Å². The molecule has 0 atom stereocenters. The van der Waals surface area contributed by atoms with Crippen LogP contribution >= 0.6 is 0 Å². The second-order valence-electron chi connectivity index (χ2n) is 4.13. The molecule has 7 heteroatoms. The van der Waals surface area contributed by atoms with Gasteiger partial charge >= 0.3 is 0 Å². The fourth-order valence-electron chi connectivity index (χ4n) is 1.63. The van der Waals surface area contributed by atoms with Gasteiger partial charge < -0.3 is 4.74 Å². The molecule has 0 bridgehead atoms. The van der Waals surface area contributed by atoms with Gasteiger partial charge in [0.2, 0.25) is 10.0 Å². The van der Waals surface area contributed by atoms with Gasteiger partial charge in [0.05, 0.1) is 0 Å². The standard InChI is InChI=1S/C14H13F2NO3S/c15-11-6-7-14(13(16)10-11)21(18,19)17-8-9-20-12-4-2-1-3-5-12/h1-7,10,17H,8-9H2. The van der Waals surface area contributed by atoms with Gasteiger partial charge in [-0.15, -0.1) is 0 Å². The molecular formula is C14H13F2NO3S. The third kappa shape index (κ3) is 4.24. The van der Waals surface area contributed by atoms with E-state index in [2.05, 4.69) is 4.72 Å². The molecule has 0 aliphatic heterocycles. The lowest BCUT2D eigenvalue weighted by Gasteiger charge is -2.09. The first-order chi connectivity index (χ1) is 9.99. The highest BCUT2D eigenvalue weighted by Crippen LogP contribution is 2.15. The molecule has 1 N–H and O–H groups in total. The van der Waals surface area contributed by atoms with Crippen molar-refractivity contribution in [1.29, 1.82) is 0 Å². The minimum atomic E-state index is -4.03. The molecule has 0 heterocycles. The smallest absolute Gasteiger partial charge is 0.243 e. The minimum absolute atomic E-state index is 0.0337. The first kappa shape index (κ1) is 15.4. The summed E-state index contributed by atoms with van der Waals surface area (Å²) in [5.41, 5.74) is 0. The molecule has 2 aromatic carbocycles. The molecule has 0 saturated carbocycles. The van der Waals surface area contributed by atoms with Gasteiger partial charge in [-0.2, -0.15) is 0 Å². The Morgan fingerprint density at radius 2 is 1.76 bits per heavy atom. The van der Waals surface area contributed by atoms with Gasteiger partial charge in [-0.1, -0.05) is 18.2 Å². The van der Waals surface area contributed by atoms with E-state index in [9.17, 15) is 17.2 Å². The Balaban J connectivity index is 1.92. The largest absolute Gasteiger partial charge is 0.492 e. The van der Waals surface area contributed by atoms with E-state index in [-0.39, 0.29) is 13.2 Å². The molecule has 21 heavy (non-hydrogen) atoms. The first-order valence-electron chi connectivity index (χ1n) is 6.11. The molecule has 0 fully saturated rings. The Morgan fingerprint density at radius 3 is 2.43 bits per heavy atom. The maximum atomic E-state index is 13.4. The molecule has 0 radical (unpaired) electrons. The van der Waals surface area contributed by atoms with Gasteiger partial charge in [0.15, 0.2) is 0 Å². The van der Waals surface area contributed by atoms with Gasteiger partial charge in [-0.25, -0.2) is 21.9 Å². The summed E-state index contributed by atoms with van der Waals surface area (Å²) in [5, 5.41) is 0. The molecule has 112 valence electrons. The number of sulfonamides is 1. The van der Waals surface area contributed by atoms with Crippen molar-refractivity contribution in [2.24, 2.45) is 0 Å². The fourth-order valence-corrected chi connectivity index (χ4v) is 2.70. The molecule has 0 spiro atoms. The van der Waals surface area contributed by atoms with Crippen LogP contribution in [-0.4, -0.2) is 21.6 Å². The molecule has 0 saturated heterocycles. The van der Waals surface area contributed by atoms with Crippen LogP contribution in [-0.2, 0) is 10.0 Å². The third-order valence-electron chi connectivity index (χ3n) is 2.59. The molecule has 2 rings (SSSR count). The Bertz CT molecular complexity index is 705. The van der Waals surface area contributed by atoms with Crippen molar-refractivity contribution in [3.63, 3.8) is 0 Å². The lowest BCUT2D eigenvalue weighted by molar-refractivity contribution is 0.322. The maximum Gasteiger partial charge on any atom is 0.243 e. The predicted molar refractivity (Wildman–Crippen MR) is 73.5 cm³/mol. The van der Waals surface area contributed by atoms with E-state index in [1.807, 2.05) is 6.07 Å². The minimum Gasteiger partial charge on any atom is -0.492 e. The quantitative estimate of drug-likeness (QED) is 0.833. The van der Waals surface area contributed by atoms with E-state index >= 15 is 0 Å². The first-order valence-corrected chi connectivity index (χ1v) is 7.60. The van der Waals surface area contributed by atoms with Crippen molar-refractivity contribution in [3.8, 4) is 5.75 Å². The lowest BCUT2D eigenvalue weighted by Crippen LogP contribution is -2.29. The van der Waals surface area contributed by atoms with Crippen molar-refractivity contribution < 1.29 is 21.9 Å². The Kier molecular flexibility index (Phi) is 4.87. The summed E-state index contributed by atoms with van der Waals surface area (Å²) in [6.45, 7) is 0.0557. The summed E-state index contributed by atoms with van der Waals surface area (Å²) in [5.74, 6) is -1.37. The van der Waals surface area contributed by atoms with Crippen LogP contribution in [0.4, 0.5) is 8.78 Å². The van der Waals surface area contributed by atoms with Crippen LogP contribution in [0.3, 0.4) is 0 Å². The molecular weight excluding hydrogens is 300 g/mol. The molecule has 0 unspecified atom stereocenters. The van der Waals surface area contributed by atoms with Crippen LogP contribution in [0, 0.1) is 11.6 Å². The molecule has 4 nitrogen and oxygen atoms in total. The molecule has 0 aliphatic rings. The van der Waals surface area contributed by atoms with Gasteiger partial charge in [0, 0.05) is 12.6 Å². The van der Waals surface area contributed by atoms with Crippen molar-refractivity contribution >= 4 is 10.0 Å². The summed E-state index contributed by atoms with van der Waals surface area (Å²) >= 11 is 0. The normalized spacial score (nSPS) is 11.3. The number of benzene rings is 2. The number of halogens is 2. The summed E-state index contributed by atoms with van der Waals surface area (Å²) in [4.78, 5) is -0.594. The second-order valence-corrected chi connectivity index (χ2v) is 5.87. The zero-order valence-corrected chi connectivity index (χ0v) is 11.7. The van der Waals surface area contributed by atoms with Crippen LogP contribution < -0.4 is 9.46 Å². The number of hydrogen-bond acceptors (Lipinski definition) is 3. The highest BCUT2D eigenvalue weighted by Gasteiger charge is 2.18. The summed E-state index contributed by atoms with van der Waals surface area (Å²) < 4.78 is 57.4. The maximum absolute atomic E-state index is 13.4. The van der Waals surface area contributed by atoms with E-state index in [4.69, 9.17) is 4.74 Å². The number of para-hydroxylation sites is 1. The fraction of sp³-hybridized carbons (Fsp3) is 0.143. The van der Waals surface area contributed by atoms with E-state index in [0.29, 0.717) is 11.8 Å². The Labute approximate surface area is 121 Å². The van der Waals surface area contributed by atoms with Crippen molar-refractivity contribution in [2.75, 3.05) is 13.2 Å². The van der Waals surface area contributed by atoms with Gasteiger partial charge in [0.25, 0.3) is 0 Å². The van der Waals surface area contributed by atoms with E-state index in [1.54, 1.807) is 24.3 Å². The third-order valence-corrected chi connectivity index (χ3v) is 4.08. The second kappa shape index (κ2) is 6.64.